The second-order valence-electron chi connectivity index (χ2n) is 5.08. The number of hydrogen-bond donors (Lipinski definition) is 1. The first-order valence-electron chi connectivity index (χ1n) is 6.77. The van der Waals surface area contributed by atoms with Crippen LogP contribution in [0.3, 0.4) is 0 Å². The van der Waals surface area contributed by atoms with Crippen LogP contribution in [-0.2, 0) is 0 Å². The van der Waals surface area contributed by atoms with E-state index in [9.17, 15) is 17.6 Å². The molecule has 24 heavy (non-hydrogen) atoms. The number of anilines is 1. The van der Waals surface area contributed by atoms with Crippen molar-refractivity contribution in [3.8, 4) is 0 Å². The SMILES string of the molecule is Fc1ccccc1C1=N[C@@H](C(F)(F)F)C(=S)Nc2ccc(Cl)cc21. The van der Waals surface area contributed by atoms with Crippen molar-refractivity contribution < 1.29 is 17.6 Å². The first-order chi connectivity index (χ1) is 11.3. The summed E-state index contributed by atoms with van der Waals surface area (Å²) in [6.07, 6.45) is -4.70. The van der Waals surface area contributed by atoms with E-state index in [1.165, 1.54) is 36.4 Å². The predicted molar refractivity (Wildman–Crippen MR) is 89.6 cm³/mol. The lowest BCUT2D eigenvalue weighted by molar-refractivity contribution is -0.131. The lowest BCUT2D eigenvalue weighted by atomic mass is 10.00. The molecule has 124 valence electrons. The van der Waals surface area contributed by atoms with Crippen LogP contribution in [-0.4, -0.2) is 22.9 Å². The molecule has 2 aromatic carbocycles. The first-order valence-corrected chi connectivity index (χ1v) is 7.56. The average Bonchev–Trinajstić information content (AvgIpc) is 2.64. The molecule has 0 unspecified atom stereocenters. The van der Waals surface area contributed by atoms with E-state index < -0.39 is 23.0 Å². The van der Waals surface area contributed by atoms with Crippen LogP contribution in [0.15, 0.2) is 47.5 Å². The summed E-state index contributed by atoms with van der Waals surface area (Å²) in [5, 5.41) is 2.83. The molecule has 0 amide bonds. The third-order valence-corrected chi connectivity index (χ3v) is 4.00. The minimum absolute atomic E-state index is 0.0539. The van der Waals surface area contributed by atoms with Crippen molar-refractivity contribution in [1.29, 1.82) is 0 Å². The van der Waals surface area contributed by atoms with E-state index in [4.69, 9.17) is 23.8 Å². The maximum Gasteiger partial charge on any atom is 0.417 e. The van der Waals surface area contributed by atoms with E-state index in [1.807, 2.05) is 0 Å². The molecule has 1 aliphatic rings. The van der Waals surface area contributed by atoms with Gasteiger partial charge in [0, 0.05) is 21.8 Å². The summed E-state index contributed by atoms with van der Waals surface area (Å²) in [4.78, 5) is 3.23. The molecule has 0 saturated heterocycles. The zero-order valence-corrected chi connectivity index (χ0v) is 13.4. The Balaban J connectivity index is 2.29. The third kappa shape index (κ3) is 3.14. The second kappa shape index (κ2) is 6.14. The minimum atomic E-state index is -4.70. The number of rotatable bonds is 1. The molecule has 3 rings (SSSR count). The van der Waals surface area contributed by atoms with Crippen LogP contribution in [0, 0.1) is 5.82 Å². The Morgan fingerprint density at radius 1 is 1.08 bits per heavy atom. The highest BCUT2D eigenvalue weighted by molar-refractivity contribution is 7.80. The van der Waals surface area contributed by atoms with Gasteiger partial charge in [-0.15, -0.1) is 0 Å². The number of benzene rings is 2. The molecule has 2 nitrogen and oxygen atoms in total. The summed E-state index contributed by atoms with van der Waals surface area (Å²) in [7, 11) is 0. The first kappa shape index (κ1) is 16.9. The van der Waals surface area contributed by atoms with Crippen LogP contribution < -0.4 is 5.32 Å². The molecule has 0 aromatic heterocycles. The van der Waals surface area contributed by atoms with Crippen molar-refractivity contribution in [2.45, 2.75) is 12.2 Å². The predicted octanol–water partition coefficient (Wildman–Crippen LogP) is 5.00. The van der Waals surface area contributed by atoms with Crippen LogP contribution in [0.4, 0.5) is 23.2 Å². The molecule has 8 heteroatoms. The molecule has 0 fully saturated rings. The largest absolute Gasteiger partial charge is 0.417 e. The fraction of sp³-hybridized carbons (Fsp3) is 0.125. The van der Waals surface area contributed by atoms with Crippen molar-refractivity contribution >= 4 is 40.2 Å². The van der Waals surface area contributed by atoms with E-state index in [0.29, 0.717) is 0 Å². The van der Waals surface area contributed by atoms with Gasteiger partial charge in [-0.1, -0.05) is 36.0 Å². The molecule has 1 atom stereocenters. The Bertz CT molecular complexity index is 848. The topological polar surface area (TPSA) is 24.4 Å². The number of halogens is 5. The second-order valence-corrected chi connectivity index (χ2v) is 5.96. The van der Waals surface area contributed by atoms with E-state index in [2.05, 4.69) is 10.3 Å². The van der Waals surface area contributed by atoms with Gasteiger partial charge in [-0.2, -0.15) is 13.2 Å². The molecule has 1 aliphatic heterocycles. The van der Waals surface area contributed by atoms with E-state index in [0.717, 1.165) is 6.07 Å². The van der Waals surface area contributed by atoms with Gasteiger partial charge < -0.3 is 5.32 Å². The Morgan fingerprint density at radius 2 is 1.79 bits per heavy atom. The maximum absolute atomic E-state index is 14.2. The summed E-state index contributed by atoms with van der Waals surface area (Å²) >= 11 is 10.8. The van der Waals surface area contributed by atoms with Gasteiger partial charge in [0.25, 0.3) is 0 Å². The van der Waals surface area contributed by atoms with Crippen LogP contribution in [0.5, 0.6) is 0 Å². The Hall–Kier alpha value is -1.99. The quantitative estimate of drug-likeness (QED) is 0.562. The molecule has 0 saturated carbocycles. The van der Waals surface area contributed by atoms with Crippen molar-refractivity contribution in [3.05, 3.63) is 64.4 Å². The van der Waals surface area contributed by atoms with Gasteiger partial charge in [-0.3, -0.25) is 4.99 Å². The smallest absolute Gasteiger partial charge is 0.347 e. The highest BCUT2D eigenvalue weighted by Crippen LogP contribution is 2.33. The molecule has 0 radical (unpaired) electrons. The normalized spacial score (nSPS) is 17.6. The molecule has 1 heterocycles. The van der Waals surface area contributed by atoms with Gasteiger partial charge in [0.15, 0.2) is 6.04 Å². The van der Waals surface area contributed by atoms with Crippen LogP contribution >= 0.6 is 23.8 Å². The summed E-state index contributed by atoms with van der Waals surface area (Å²) in [5.74, 6) is -0.684. The highest BCUT2D eigenvalue weighted by atomic mass is 35.5. The van der Waals surface area contributed by atoms with Crippen molar-refractivity contribution in [2.24, 2.45) is 4.99 Å². The van der Waals surface area contributed by atoms with Gasteiger partial charge in [-0.05, 0) is 30.3 Å². The lowest BCUT2D eigenvalue weighted by Crippen LogP contribution is -2.37. The standard InChI is InChI=1S/C16H9ClF4N2S/c17-8-5-6-12-10(7-8)13(9-3-1-2-4-11(9)18)23-14(15(24)22-12)16(19,20)21/h1-7,14H,(H,22,24)/t14-/m1/s1. The number of nitrogens with zero attached hydrogens (tertiary/aromatic N) is 1. The lowest BCUT2D eigenvalue weighted by Gasteiger charge is -2.16. The zero-order chi connectivity index (χ0) is 17.5. The number of nitrogens with one attached hydrogen (secondary N) is 1. The van der Waals surface area contributed by atoms with Gasteiger partial charge >= 0.3 is 6.18 Å². The van der Waals surface area contributed by atoms with E-state index >= 15 is 0 Å². The molecule has 0 aliphatic carbocycles. The Labute approximate surface area is 145 Å². The third-order valence-electron chi connectivity index (χ3n) is 3.44. The molecule has 0 spiro atoms. The number of alkyl halides is 3. The summed E-state index contributed by atoms with van der Waals surface area (Å²) < 4.78 is 54.1. The minimum Gasteiger partial charge on any atom is -0.347 e. The van der Waals surface area contributed by atoms with Gasteiger partial charge in [0.2, 0.25) is 0 Å². The molecular formula is C16H9ClF4N2S. The fourth-order valence-electron chi connectivity index (χ4n) is 2.37. The summed E-state index contributed by atoms with van der Waals surface area (Å²) in [5.41, 5.74) is 0.335. The highest BCUT2D eigenvalue weighted by Gasteiger charge is 2.44. The summed E-state index contributed by atoms with van der Waals surface area (Å²) in [6, 6.07) is 7.62. The van der Waals surface area contributed by atoms with Gasteiger partial charge in [-0.25, -0.2) is 4.39 Å². The molecular weight excluding hydrogens is 364 g/mol. The number of fused-ring (bicyclic) bond motifs is 1. The zero-order valence-electron chi connectivity index (χ0n) is 11.9. The molecule has 1 N–H and O–H groups in total. The van der Waals surface area contributed by atoms with Gasteiger partial charge in [0.05, 0.1) is 5.71 Å². The molecule has 2 aromatic rings. The number of thiocarbonyl (C=S) groups is 1. The van der Waals surface area contributed by atoms with Crippen LogP contribution in [0.1, 0.15) is 11.1 Å². The van der Waals surface area contributed by atoms with Crippen molar-refractivity contribution in [2.75, 3.05) is 5.32 Å². The summed E-state index contributed by atoms with van der Waals surface area (Å²) in [6.45, 7) is 0. The number of hydrogen-bond acceptors (Lipinski definition) is 2. The van der Waals surface area contributed by atoms with Crippen LogP contribution in [0.2, 0.25) is 5.02 Å². The monoisotopic (exact) mass is 372 g/mol. The molecule has 0 bridgehead atoms. The van der Waals surface area contributed by atoms with Crippen molar-refractivity contribution in [1.82, 2.24) is 0 Å². The maximum atomic E-state index is 14.2. The van der Waals surface area contributed by atoms with Crippen LogP contribution in [0.25, 0.3) is 0 Å². The Morgan fingerprint density at radius 3 is 2.46 bits per heavy atom. The average molecular weight is 373 g/mol. The van der Waals surface area contributed by atoms with E-state index in [-0.39, 0.29) is 27.5 Å². The number of aliphatic imine (C=N–C) groups is 1. The Kier molecular flexibility index (Phi) is 4.31. The number of benzodiazepines with no additional fused rings is 1. The van der Waals surface area contributed by atoms with Gasteiger partial charge in [0.1, 0.15) is 10.8 Å². The fourth-order valence-corrected chi connectivity index (χ4v) is 2.84. The van der Waals surface area contributed by atoms with Crippen molar-refractivity contribution in [3.63, 3.8) is 0 Å². The van der Waals surface area contributed by atoms with E-state index in [1.54, 1.807) is 0 Å².